The molecular formula is C19H31N3O2S. The molecule has 2 amide bonds. The number of hydrogen-bond donors (Lipinski definition) is 1. The highest BCUT2D eigenvalue weighted by atomic mass is 32.2. The summed E-state index contributed by atoms with van der Waals surface area (Å²) in [4.78, 5) is 30.9. The molecule has 0 saturated carbocycles. The summed E-state index contributed by atoms with van der Waals surface area (Å²) in [6, 6.07) is 0. The molecule has 1 rings (SSSR count). The second kappa shape index (κ2) is 10.4. The predicted molar refractivity (Wildman–Crippen MR) is 104 cm³/mol. The molecule has 0 saturated heterocycles. The van der Waals surface area contributed by atoms with E-state index in [0.29, 0.717) is 10.6 Å². The Hall–Kier alpha value is -1.56. The van der Waals surface area contributed by atoms with Gasteiger partial charge in [-0.15, -0.1) is 0 Å². The molecule has 5 nitrogen and oxygen atoms in total. The number of nitrogens with two attached hydrogens (primary N) is 1. The first-order valence-electron chi connectivity index (χ1n) is 9.01. The molecular weight excluding hydrogens is 334 g/mol. The fourth-order valence-electron chi connectivity index (χ4n) is 2.59. The first-order valence-corrected chi connectivity index (χ1v) is 10.00. The lowest BCUT2D eigenvalue weighted by Crippen LogP contribution is -2.34. The van der Waals surface area contributed by atoms with Crippen molar-refractivity contribution in [2.24, 2.45) is 5.73 Å². The zero-order valence-electron chi connectivity index (χ0n) is 16.1. The van der Waals surface area contributed by atoms with Crippen LogP contribution >= 0.6 is 11.8 Å². The lowest BCUT2D eigenvalue weighted by atomic mass is 10.0. The van der Waals surface area contributed by atoms with Gasteiger partial charge in [-0.05, 0) is 44.7 Å². The van der Waals surface area contributed by atoms with E-state index in [2.05, 4.69) is 18.8 Å². The van der Waals surface area contributed by atoms with Crippen molar-refractivity contribution in [3.63, 3.8) is 0 Å². The molecule has 0 aliphatic rings. The van der Waals surface area contributed by atoms with Crippen LogP contribution in [0.3, 0.4) is 0 Å². The lowest BCUT2D eigenvalue weighted by molar-refractivity contribution is -0.128. The van der Waals surface area contributed by atoms with Crippen molar-refractivity contribution in [1.29, 1.82) is 0 Å². The number of carbonyl (C=O) groups excluding carboxylic acids is 2. The van der Waals surface area contributed by atoms with Gasteiger partial charge in [0.1, 0.15) is 5.03 Å². The molecule has 1 aromatic heterocycles. The minimum absolute atomic E-state index is 0.0972. The van der Waals surface area contributed by atoms with Crippen LogP contribution in [-0.2, 0) is 4.79 Å². The molecule has 0 unspecified atom stereocenters. The van der Waals surface area contributed by atoms with Gasteiger partial charge in [0.2, 0.25) is 5.91 Å². The number of aromatic nitrogens is 1. The monoisotopic (exact) mass is 365 g/mol. The van der Waals surface area contributed by atoms with Gasteiger partial charge in [0.05, 0.1) is 11.3 Å². The Morgan fingerprint density at radius 3 is 2.08 bits per heavy atom. The van der Waals surface area contributed by atoms with Crippen LogP contribution in [0.25, 0.3) is 0 Å². The largest absolute Gasteiger partial charge is 0.366 e. The van der Waals surface area contributed by atoms with Crippen LogP contribution in [0.1, 0.15) is 66.7 Å². The number of carbonyl (C=O) groups is 2. The summed E-state index contributed by atoms with van der Waals surface area (Å²) in [5, 5.41) is 0.562. The van der Waals surface area contributed by atoms with Crippen molar-refractivity contribution in [3.8, 4) is 0 Å². The summed E-state index contributed by atoms with van der Waals surface area (Å²) >= 11 is 1.31. The van der Waals surface area contributed by atoms with E-state index in [1.807, 2.05) is 25.7 Å². The molecule has 0 aliphatic carbocycles. The highest BCUT2D eigenvalue weighted by Crippen LogP contribution is 2.27. The van der Waals surface area contributed by atoms with Crippen molar-refractivity contribution in [1.82, 2.24) is 9.88 Å². The number of rotatable bonds is 10. The van der Waals surface area contributed by atoms with Crippen LogP contribution in [0, 0.1) is 20.8 Å². The van der Waals surface area contributed by atoms with Crippen molar-refractivity contribution in [2.45, 2.75) is 65.3 Å². The van der Waals surface area contributed by atoms with Gasteiger partial charge >= 0.3 is 0 Å². The predicted octanol–water partition coefficient (Wildman–Crippen LogP) is 3.63. The summed E-state index contributed by atoms with van der Waals surface area (Å²) in [5.41, 5.74) is 8.67. The molecule has 0 fully saturated rings. The Bertz CT molecular complexity index is 609. The second-order valence-electron chi connectivity index (χ2n) is 6.37. The zero-order chi connectivity index (χ0) is 19.0. The van der Waals surface area contributed by atoms with Crippen LogP contribution in [-0.4, -0.2) is 40.5 Å². The summed E-state index contributed by atoms with van der Waals surface area (Å²) < 4.78 is 0. The number of thioether (sulfide) groups is 1. The fraction of sp³-hybridized carbons (Fsp3) is 0.632. The fourth-order valence-corrected chi connectivity index (χ4v) is 3.63. The van der Waals surface area contributed by atoms with Crippen LogP contribution in [0.15, 0.2) is 5.03 Å². The van der Waals surface area contributed by atoms with Crippen molar-refractivity contribution in [2.75, 3.05) is 18.8 Å². The van der Waals surface area contributed by atoms with Crippen molar-refractivity contribution in [3.05, 3.63) is 22.4 Å². The molecule has 6 heteroatoms. The SMILES string of the molecule is CCCCN(CCCC)C(=O)CSc1nc(C)c(C)c(C)c1C(N)=O. The summed E-state index contributed by atoms with van der Waals surface area (Å²) in [6.45, 7) is 11.5. The van der Waals surface area contributed by atoms with Gasteiger partial charge in [-0.25, -0.2) is 4.98 Å². The third-order valence-electron chi connectivity index (χ3n) is 4.46. The number of primary amides is 1. The number of amides is 2. The summed E-state index contributed by atoms with van der Waals surface area (Å²) in [6.07, 6.45) is 4.14. The molecule has 0 radical (unpaired) electrons. The standard InChI is InChI=1S/C19H31N3O2S/c1-6-8-10-22(11-9-7-2)16(23)12-25-19-17(18(20)24)14(4)13(3)15(5)21-19/h6-12H2,1-5H3,(H2,20,24). The number of unbranched alkanes of at least 4 members (excludes halogenated alkanes) is 2. The quantitative estimate of drug-likeness (QED) is 0.642. The average molecular weight is 366 g/mol. The molecule has 0 bridgehead atoms. The molecule has 25 heavy (non-hydrogen) atoms. The van der Waals surface area contributed by atoms with E-state index in [1.54, 1.807) is 0 Å². The van der Waals surface area contributed by atoms with Crippen LogP contribution < -0.4 is 5.73 Å². The van der Waals surface area contributed by atoms with Gasteiger partial charge in [0.15, 0.2) is 0 Å². The van der Waals surface area contributed by atoms with E-state index >= 15 is 0 Å². The molecule has 1 heterocycles. The number of aryl methyl sites for hydroxylation is 1. The average Bonchev–Trinajstić information content (AvgIpc) is 2.57. The summed E-state index contributed by atoms with van der Waals surface area (Å²) in [5.74, 6) is -0.111. The van der Waals surface area contributed by atoms with Gasteiger partial charge < -0.3 is 10.6 Å². The van der Waals surface area contributed by atoms with E-state index in [0.717, 1.165) is 55.6 Å². The highest BCUT2D eigenvalue weighted by molar-refractivity contribution is 8.00. The van der Waals surface area contributed by atoms with E-state index in [9.17, 15) is 9.59 Å². The second-order valence-corrected chi connectivity index (χ2v) is 7.33. The smallest absolute Gasteiger partial charge is 0.251 e. The highest BCUT2D eigenvalue weighted by Gasteiger charge is 2.20. The zero-order valence-corrected chi connectivity index (χ0v) is 17.0. The Morgan fingerprint density at radius 2 is 1.60 bits per heavy atom. The number of hydrogen-bond acceptors (Lipinski definition) is 4. The van der Waals surface area contributed by atoms with Gasteiger partial charge in [-0.2, -0.15) is 0 Å². The Labute approximate surface area is 155 Å². The van der Waals surface area contributed by atoms with Crippen molar-refractivity contribution >= 4 is 23.6 Å². The first-order chi connectivity index (χ1) is 11.8. The number of nitrogens with zero attached hydrogens (tertiary/aromatic N) is 2. The van der Waals surface area contributed by atoms with Crippen LogP contribution in [0.4, 0.5) is 0 Å². The summed E-state index contributed by atoms with van der Waals surface area (Å²) in [7, 11) is 0. The topological polar surface area (TPSA) is 76.3 Å². The maximum absolute atomic E-state index is 12.6. The van der Waals surface area contributed by atoms with E-state index in [-0.39, 0.29) is 11.7 Å². The minimum Gasteiger partial charge on any atom is -0.366 e. The molecule has 0 aliphatic heterocycles. The van der Waals surface area contributed by atoms with Gasteiger partial charge in [0, 0.05) is 18.8 Å². The minimum atomic E-state index is -0.489. The van der Waals surface area contributed by atoms with Gasteiger partial charge in [-0.1, -0.05) is 38.5 Å². The molecule has 2 N–H and O–H groups in total. The lowest BCUT2D eigenvalue weighted by Gasteiger charge is -2.22. The maximum Gasteiger partial charge on any atom is 0.251 e. The normalized spacial score (nSPS) is 10.8. The molecule has 1 aromatic rings. The third-order valence-corrected chi connectivity index (χ3v) is 5.42. The maximum atomic E-state index is 12.6. The molecule has 0 spiro atoms. The first kappa shape index (κ1) is 21.5. The van der Waals surface area contributed by atoms with E-state index in [1.165, 1.54) is 11.8 Å². The Balaban J connectivity index is 2.91. The van der Waals surface area contributed by atoms with Crippen LogP contribution in [0.5, 0.6) is 0 Å². The van der Waals surface area contributed by atoms with E-state index < -0.39 is 5.91 Å². The number of pyridine rings is 1. The molecule has 0 atom stereocenters. The third kappa shape index (κ3) is 6.03. The van der Waals surface area contributed by atoms with Gasteiger partial charge in [-0.3, -0.25) is 9.59 Å². The Kier molecular flexibility index (Phi) is 8.97. The Morgan fingerprint density at radius 1 is 1.04 bits per heavy atom. The van der Waals surface area contributed by atoms with Gasteiger partial charge in [0.25, 0.3) is 5.91 Å². The molecule has 140 valence electrons. The van der Waals surface area contributed by atoms with Crippen molar-refractivity contribution < 1.29 is 9.59 Å². The molecule has 0 aromatic carbocycles. The van der Waals surface area contributed by atoms with Crippen LogP contribution in [0.2, 0.25) is 0 Å². The van der Waals surface area contributed by atoms with E-state index in [4.69, 9.17) is 5.73 Å².